The molecule has 0 unspecified atom stereocenters. The highest BCUT2D eigenvalue weighted by molar-refractivity contribution is 5.71. The van der Waals surface area contributed by atoms with Gasteiger partial charge in [-0.2, -0.15) is 13.2 Å². The van der Waals surface area contributed by atoms with Gasteiger partial charge in [-0.3, -0.25) is 0 Å². The van der Waals surface area contributed by atoms with E-state index in [9.17, 15) is 13.2 Å². The number of imidazole rings is 1. The summed E-state index contributed by atoms with van der Waals surface area (Å²) >= 11 is 0. The predicted molar refractivity (Wildman–Crippen MR) is 76.8 cm³/mol. The van der Waals surface area contributed by atoms with Crippen LogP contribution in [0.15, 0.2) is 24.3 Å². The number of aromatic nitrogens is 2. The van der Waals surface area contributed by atoms with E-state index in [0.29, 0.717) is 22.9 Å². The summed E-state index contributed by atoms with van der Waals surface area (Å²) in [6.45, 7) is 7.69. The molecule has 0 saturated carbocycles. The zero-order valence-corrected chi connectivity index (χ0v) is 12.4. The molecule has 2 rings (SSSR count). The Bertz CT molecular complexity index is 664. The lowest BCUT2D eigenvalue weighted by Crippen LogP contribution is -2.24. The fraction of sp³-hybridized carbons (Fsp3) is 0.400. The van der Waals surface area contributed by atoms with E-state index in [2.05, 4.69) is 4.98 Å². The summed E-state index contributed by atoms with van der Waals surface area (Å²) < 4.78 is 40.2. The van der Waals surface area contributed by atoms with Crippen molar-refractivity contribution in [2.75, 3.05) is 5.73 Å². The summed E-state index contributed by atoms with van der Waals surface area (Å²) in [6, 6.07) is 5.06. The molecule has 6 heteroatoms. The van der Waals surface area contributed by atoms with E-state index >= 15 is 0 Å². The van der Waals surface area contributed by atoms with Crippen LogP contribution in [0, 0.1) is 6.92 Å². The van der Waals surface area contributed by atoms with E-state index in [4.69, 9.17) is 5.73 Å². The van der Waals surface area contributed by atoms with E-state index < -0.39 is 11.7 Å². The minimum atomic E-state index is -4.38. The van der Waals surface area contributed by atoms with Crippen LogP contribution in [-0.2, 0) is 11.7 Å². The van der Waals surface area contributed by atoms with Gasteiger partial charge in [-0.1, -0.05) is 12.1 Å². The molecule has 0 aliphatic rings. The van der Waals surface area contributed by atoms with Crippen LogP contribution in [-0.4, -0.2) is 9.55 Å². The average Bonchev–Trinajstić information content (AvgIpc) is 2.63. The summed E-state index contributed by atoms with van der Waals surface area (Å²) in [5.74, 6) is 1.05. The third-order valence-electron chi connectivity index (χ3n) is 3.21. The van der Waals surface area contributed by atoms with Gasteiger partial charge in [-0.15, -0.1) is 0 Å². The molecule has 114 valence electrons. The molecule has 0 atom stereocenters. The zero-order valence-electron chi connectivity index (χ0n) is 12.4. The van der Waals surface area contributed by atoms with Gasteiger partial charge in [-0.25, -0.2) is 4.98 Å². The summed E-state index contributed by atoms with van der Waals surface area (Å²) in [5, 5.41) is 0. The molecule has 0 radical (unpaired) electrons. The van der Waals surface area contributed by atoms with Gasteiger partial charge in [0.1, 0.15) is 17.3 Å². The molecule has 21 heavy (non-hydrogen) atoms. The van der Waals surface area contributed by atoms with E-state index in [1.807, 2.05) is 25.3 Å². The van der Waals surface area contributed by atoms with Crippen molar-refractivity contribution in [3.63, 3.8) is 0 Å². The lowest BCUT2D eigenvalue weighted by molar-refractivity contribution is -0.137. The number of halogens is 3. The molecular formula is C15H18F3N3. The highest BCUT2D eigenvalue weighted by Crippen LogP contribution is 2.35. The number of nitrogens with two attached hydrogens (primary N) is 1. The number of hydrogen-bond donors (Lipinski definition) is 1. The first-order chi connectivity index (χ1) is 9.51. The van der Waals surface area contributed by atoms with Crippen LogP contribution in [0.1, 0.15) is 32.2 Å². The Hall–Kier alpha value is -1.98. The van der Waals surface area contributed by atoms with Gasteiger partial charge in [0, 0.05) is 11.1 Å². The molecule has 0 bridgehead atoms. The molecular weight excluding hydrogens is 279 g/mol. The van der Waals surface area contributed by atoms with Crippen molar-refractivity contribution in [3.8, 4) is 11.3 Å². The first kappa shape index (κ1) is 15.4. The second-order valence-electron chi connectivity index (χ2n) is 5.98. The monoisotopic (exact) mass is 297 g/mol. The standard InChI is InChI=1S/C15H18F3N3/c1-9-20-12(13(19)21(9)14(2,3)4)10-6-5-7-11(8-10)15(16,17)18/h5-8H,19H2,1-4H3. The first-order valence-electron chi connectivity index (χ1n) is 6.55. The Morgan fingerprint density at radius 2 is 1.76 bits per heavy atom. The van der Waals surface area contributed by atoms with E-state index in [1.165, 1.54) is 6.07 Å². The maximum Gasteiger partial charge on any atom is 0.416 e. The van der Waals surface area contributed by atoms with Gasteiger partial charge >= 0.3 is 6.18 Å². The molecule has 2 aromatic rings. The van der Waals surface area contributed by atoms with Crippen LogP contribution in [0.5, 0.6) is 0 Å². The van der Waals surface area contributed by atoms with Crippen molar-refractivity contribution in [1.82, 2.24) is 9.55 Å². The van der Waals surface area contributed by atoms with Gasteiger partial charge in [0.2, 0.25) is 0 Å². The highest BCUT2D eigenvalue weighted by atomic mass is 19.4. The summed E-state index contributed by atoms with van der Waals surface area (Å²) in [7, 11) is 0. The molecule has 1 aromatic heterocycles. The van der Waals surface area contributed by atoms with E-state index in [0.717, 1.165) is 12.1 Å². The van der Waals surface area contributed by atoms with Crippen molar-refractivity contribution in [2.24, 2.45) is 0 Å². The number of hydrogen-bond acceptors (Lipinski definition) is 2. The lowest BCUT2D eigenvalue weighted by Gasteiger charge is -2.24. The number of anilines is 1. The SMILES string of the molecule is Cc1nc(-c2cccc(C(F)(F)F)c2)c(N)n1C(C)(C)C. The number of alkyl halides is 3. The third kappa shape index (κ3) is 2.89. The van der Waals surface area contributed by atoms with Gasteiger partial charge in [0.25, 0.3) is 0 Å². The molecule has 0 fully saturated rings. The first-order valence-corrected chi connectivity index (χ1v) is 6.55. The smallest absolute Gasteiger partial charge is 0.383 e. The van der Waals surface area contributed by atoms with Crippen LogP contribution in [0.2, 0.25) is 0 Å². The maximum absolute atomic E-state index is 12.8. The number of rotatable bonds is 1. The highest BCUT2D eigenvalue weighted by Gasteiger charge is 2.31. The molecule has 0 aliphatic heterocycles. The van der Waals surface area contributed by atoms with Crippen LogP contribution in [0.3, 0.4) is 0 Å². The Kier molecular flexibility index (Phi) is 3.51. The molecule has 1 heterocycles. The van der Waals surface area contributed by atoms with Crippen LogP contribution < -0.4 is 5.73 Å². The largest absolute Gasteiger partial charge is 0.416 e. The van der Waals surface area contributed by atoms with Crippen molar-refractivity contribution in [2.45, 2.75) is 39.4 Å². The van der Waals surface area contributed by atoms with Crippen LogP contribution in [0.25, 0.3) is 11.3 Å². The molecule has 0 saturated heterocycles. The van der Waals surface area contributed by atoms with E-state index in [-0.39, 0.29) is 5.54 Å². The molecule has 0 amide bonds. The number of aryl methyl sites for hydroxylation is 1. The zero-order chi connectivity index (χ0) is 16.0. The fourth-order valence-electron chi connectivity index (χ4n) is 2.45. The lowest BCUT2D eigenvalue weighted by atomic mass is 10.1. The third-order valence-corrected chi connectivity index (χ3v) is 3.21. The normalized spacial score (nSPS) is 12.7. The average molecular weight is 297 g/mol. The van der Waals surface area contributed by atoms with Gasteiger partial charge in [0.15, 0.2) is 0 Å². The number of benzene rings is 1. The Morgan fingerprint density at radius 3 is 2.24 bits per heavy atom. The number of nitrogen functional groups attached to an aromatic ring is 1. The fourth-order valence-corrected chi connectivity index (χ4v) is 2.45. The number of nitrogens with zero attached hydrogens (tertiary/aromatic N) is 2. The minimum Gasteiger partial charge on any atom is -0.383 e. The molecule has 0 spiro atoms. The Labute approximate surface area is 121 Å². The van der Waals surface area contributed by atoms with Gasteiger partial charge in [0.05, 0.1) is 5.56 Å². The molecule has 0 aliphatic carbocycles. The molecule has 2 N–H and O–H groups in total. The topological polar surface area (TPSA) is 43.8 Å². The quantitative estimate of drug-likeness (QED) is 0.856. The molecule has 1 aromatic carbocycles. The van der Waals surface area contributed by atoms with E-state index in [1.54, 1.807) is 13.0 Å². The summed E-state index contributed by atoms with van der Waals surface area (Å²) in [6.07, 6.45) is -4.38. The Morgan fingerprint density at radius 1 is 1.14 bits per heavy atom. The van der Waals surface area contributed by atoms with Crippen molar-refractivity contribution in [1.29, 1.82) is 0 Å². The van der Waals surface area contributed by atoms with Crippen LogP contribution >= 0.6 is 0 Å². The van der Waals surface area contributed by atoms with Gasteiger partial charge < -0.3 is 10.3 Å². The van der Waals surface area contributed by atoms with Gasteiger partial charge in [-0.05, 0) is 39.8 Å². The Balaban J connectivity index is 2.59. The summed E-state index contributed by atoms with van der Waals surface area (Å²) in [4.78, 5) is 4.34. The molecule has 3 nitrogen and oxygen atoms in total. The summed E-state index contributed by atoms with van der Waals surface area (Å²) in [5.41, 5.74) is 5.86. The minimum absolute atomic E-state index is 0.291. The second-order valence-corrected chi connectivity index (χ2v) is 5.98. The predicted octanol–water partition coefficient (Wildman–Crippen LogP) is 4.21. The van der Waals surface area contributed by atoms with Crippen molar-refractivity contribution < 1.29 is 13.2 Å². The van der Waals surface area contributed by atoms with Crippen molar-refractivity contribution in [3.05, 3.63) is 35.7 Å². The maximum atomic E-state index is 12.8. The van der Waals surface area contributed by atoms with Crippen molar-refractivity contribution >= 4 is 5.82 Å². The second kappa shape index (κ2) is 4.79. The van der Waals surface area contributed by atoms with Crippen LogP contribution in [0.4, 0.5) is 19.0 Å².